The number of hydrogen-bond donors (Lipinski definition) is 0. The van der Waals surface area contributed by atoms with E-state index in [1.54, 1.807) is 0 Å². The van der Waals surface area contributed by atoms with E-state index in [4.69, 9.17) is 28.4 Å². The minimum atomic E-state index is -2.34. The average Bonchev–Trinajstić information content (AvgIpc) is 3.04. The van der Waals surface area contributed by atoms with Crippen LogP contribution in [0.15, 0.2) is 0 Å². The lowest BCUT2D eigenvalue weighted by molar-refractivity contribution is -0.136. The number of carbonyl (C=O) groups excluding carboxylic acids is 1. The SMILES string of the molecule is CCCCCCCCCCCCCOCCOCCOCCOCCOCCOCCC(=O)Oc1c(F)c(F)c(F)c(F)c1F. The van der Waals surface area contributed by atoms with Crippen molar-refractivity contribution in [2.24, 2.45) is 0 Å². The first kappa shape index (κ1) is 41.1. The topological polar surface area (TPSA) is 81.7 Å². The van der Waals surface area contributed by atoms with E-state index >= 15 is 0 Å². The smallest absolute Gasteiger partial charge is 0.313 e. The summed E-state index contributed by atoms with van der Waals surface area (Å²) in [6, 6.07) is 0. The Hall–Kier alpha value is -1.90. The van der Waals surface area contributed by atoms with Crippen LogP contribution in [0.4, 0.5) is 22.0 Å². The third kappa shape index (κ3) is 20.8. The van der Waals surface area contributed by atoms with Crippen LogP contribution in [0.1, 0.15) is 84.0 Å². The Bertz CT molecular complexity index is 865. The maximum atomic E-state index is 13.5. The summed E-state index contributed by atoms with van der Waals surface area (Å²) in [5, 5.41) is 0. The first-order valence-corrected chi connectivity index (χ1v) is 16.1. The highest BCUT2D eigenvalue weighted by molar-refractivity contribution is 5.72. The van der Waals surface area contributed by atoms with Crippen LogP contribution in [0.25, 0.3) is 0 Å². The molecule has 0 aliphatic carbocycles. The molecule has 0 saturated heterocycles. The van der Waals surface area contributed by atoms with Gasteiger partial charge in [-0.3, -0.25) is 4.79 Å². The van der Waals surface area contributed by atoms with E-state index in [-0.39, 0.29) is 19.8 Å². The predicted octanol–water partition coefficient (Wildman–Crippen LogP) is 7.09. The van der Waals surface area contributed by atoms with Crippen molar-refractivity contribution in [1.82, 2.24) is 0 Å². The minimum absolute atomic E-state index is 0.101. The summed E-state index contributed by atoms with van der Waals surface area (Å²) >= 11 is 0. The molecule has 0 bridgehead atoms. The minimum Gasteiger partial charge on any atom is -0.420 e. The van der Waals surface area contributed by atoms with Gasteiger partial charge in [0, 0.05) is 6.61 Å². The molecular formula is C32H51F5O8. The van der Waals surface area contributed by atoms with E-state index in [0.717, 1.165) is 13.0 Å². The van der Waals surface area contributed by atoms with Gasteiger partial charge in [-0.25, -0.2) is 13.2 Å². The highest BCUT2D eigenvalue weighted by Gasteiger charge is 2.28. The van der Waals surface area contributed by atoms with Crippen LogP contribution in [0.2, 0.25) is 0 Å². The van der Waals surface area contributed by atoms with Crippen molar-refractivity contribution < 1.29 is 59.9 Å². The van der Waals surface area contributed by atoms with Crippen LogP contribution in [-0.4, -0.2) is 85.3 Å². The van der Waals surface area contributed by atoms with Gasteiger partial charge in [0.25, 0.3) is 0 Å². The summed E-state index contributed by atoms with van der Waals surface area (Å²) in [5.41, 5.74) is 0. The Morgan fingerprint density at radius 3 is 1.13 bits per heavy atom. The summed E-state index contributed by atoms with van der Waals surface area (Å²) in [6.45, 7) is 6.64. The van der Waals surface area contributed by atoms with Crippen molar-refractivity contribution in [3.63, 3.8) is 0 Å². The quantitative estimate of drug-likeness (QED) is 0.0209. The lowest BCUT2D eigenvalue weighted by Crippen LogP contribution is -2.16. The molecular weight excluding hydrogens is 607 g/mol. The van der Waals surface area contributed by atoms with E-state index in [2.05, 4.69) is 11.7 Å². The summed E-state index contributed by atoms with van der Waals surface area (Å²) in [7, 11) is 0. The molecule has 262 valence electrons. The van der Waals surface area contributed by atoms with Gasteiger partial charge in [-0.1, -0.05) is 71.1 Å². The number of esters is 1. The first-order valence-electron chi connectivity index (χ1n) is 16.1. The number of hydrogen-bond acceptors (Lipinski definition) is 8. The summed E-state index contributed by atoms with van der Waals surface area (Å²) in [5.74, 6) is -14.1. The van der Waals surface area contributed by atoms with Gasteiger partial charge in [0.15, 0.2) is 0 Å². The molecule has 45 heavy (non-hydrogen) atoms. The third-order valence-electron chi connectivity index (χ3n) is 6.59. The normalized spacial score (nSPS) is 11.4. The van der Waals surface area contributed by atoms with Gasteiger partial charge in [0.05, 0.1) is 79.1 Å². The van der Waals surface area contributed by atoms with Crippen molar-refractivity contribution in [3.8, 4) is 5.75 Å². The maximum absolute atomic E-state index is 13.5. The monoisotopic (exact) mass is 658 g/mol. The third-order valence-corrected chi connectivity index (χ3v) is 6.59. The molecule has 0 aliphatic heterocycles. The average molecular weight is 659 g/mol. The number of carbonyl (C=O) groups is 1. The molecule has 0 saturated carbocycles. The molecule has 0 aromatic heterocycles. The Morgan fingerprint density at radius 2 is 0.733 bits per heavy atom. The number of unbranched alkanes of at least 4 members (excludes halogenated alkanes) is 10. The molecule has 0 amide bonds. The fraction of sp³-hybridized carbons (Fsp3) is 0.781. The maximum Gasteiger partial charge on any atom is 0.313 e. The van der Waals surface area contributed by atoms with Crippen LogP contribution in [0, 0.1) is 29.1 Å². The fourth-order valence-electron chi connectivity index (χ4n) is 4.06. The number of rotatable bonds is 31. The van der Waals surface area contributed by atoms with Crippen LogP contribution in [-0.2, 0) is 33.2 Å². The molecule has 8 nitrogen and oxygen atoms in total. The molecule has 0 spiro atoms. The van der Waals surface area contributed by atoms with E-state index in [1.165, 1.54) is 64.2 Å². The van der Waals surface area contributed by atoms with Crippen LogP contribution < -0.4 is 4.74 Å². The van der Waals surface area contributed by atoms with Gasteiger partial charge in [0.2, 0.25) is 34.8 Å². The zero-order chi connectivity index (χ0) is 33.0. The summed E-state index contributed by atoms with van der Waals surface area (Å²) in [4.78, 5) is 11.6. The van der Waals surface area contributed by atoms with E-state index in [0.29, 0.717) is 52.9 Å². The molecule has 0 N–H and O–H groups in total. The standard InChI is InChI=1S/C32H51F5O8/c1-2-3-4-5-6-7-8-9-10-11-12-14-39-16-18-41-20-22-43-24-25-44-23-21-42-19-17-40-15-13-26(38)45-32-30(36)28(34)27(33)29(35)31(32)37/h2-25H2,1H3. The zero-order valence-electron chi connectivity index (χ0n) is 26.6. The molecule has 1 rings (SSSR count). The van der Waals surface area contributed by atoms with Gasteiger partial charge in [-0.05, 0) is 6.42 Å². The van der Waals surface area contributed by atoms with Crippen molar-refractivity contribution in [2.45, 2.75) is 84.0 Å². The van der Waals surface area contributed by atoms with E-state index < -0.39 is 47.2 Å². The summed E-state index contributed by atoms with van der Waals surface area (Å²) < 4.78 is 103. The zero-order valence-corrected chi connectivity index (χ0v) is 26.6. The van der Waals surface area contributed by atoms with Crippen LogP contribution in [0.3, 0.4) is 0 Å². The molecule has 1 aromatic rings. The van der Waals surface area contributed by atoms with Gasteiger partial charge in [-0.15, -0.1) is 0 Å². The molecule has 13 heteroatoms. The fourth-order valence-corrected chi connectivity index (χ4v) is 4.06. The lowest BCUT2D eigenvalue weighted by Gasteiger charge is -2.09. The Balaban J connectivity index is 1.78. The second-order valence-corrected chi connectivity index (χ2v) is 10.3. The molecule has 0 fully saturated rings. The highest BCUT2D eigenvalue weighted by atomic mass is 19.2. The first-order chi connectivity index (χ1) is 21.9. The Morgan fingerprint density at radius 1 is 0.422 bits per heavy atom. The second kappa shape index (κ2) is 28.3. The largest absolute Gasteiger partial charge is 0.420 e. The molecule has 0 heterocycles. The molecule has 0 unspecified atom stereocenters. The van der Waals surface area contributed by atoms with Gasteiger partial charge in [-0.2, -0.15) is 8.78 Å². The van der Waals surface area contributed by atoms with Gasteiger partial charge < -0.3 is 33.2 Å². The number of ether oxygens (including phenoxy) is 7. The molecule has 0 aliphatic rings. The van der Waals surface area contributed by atoms with Crippen LogP contribution in [0.5, 0.6) is 5.75 Å². The molecule has 0 radical (unpaired) electrons. The van der Waals surface area contributed by atoms with E-state index in [9.17, 15) is 26.7 Å². The summed E-state index contributed by atoms with van der Waals surface area (Å²) in [6.07, 6.45) is 14.0. The number of benzene rings is 1. The van der Waals surface area contributed by atoms with Gasteiger partial charge >= 0.3 is 5.97 Å². The molecule has 0 atom stereocenters. The van der Waals surface area contributed by atoms with E-state index in [1.807, 2.05) is 0 Å². The lowest BCUT2D eigenvalue weighted by atomic mass is 10.1. The second-order valence-electron chi connectivity index (χ2n) is 10.3. The Labute approximate surface area is 264 Å². The van der Waals surface area contributed by atoms with Crippen molar-refractivity contribution in [2.75, 3.05) is 79.3 Å². The molecule has 1 aromatic carbocycles. The van der Waals surface area contributed by atoms with Crippen molar-refractivity contribution in [1.29, 1.82) is 0 Å². The highest BCUT2D eigenvalue weighted by Crippen LogP contribution is 2.29. The Kier molecular flexibility index (Phi) is 25.9. The number of halogens is 5. The predicted molar refractivity (Wildman–Crippen MR) is 158 cm³/mol. The van der Waals surface area contributed by atoms with Crippen molar-refractivity contribution in [3.05, 3.63) is 29.1 Å². The van der Waals surface area contributed by atoms with Crippen LogP contribution >= 0.6 is 0 Å². The van der Waals surface area contributed by atoms with Gasteiger partial charge in [0.1, 0.15) is 0 Å². The van der Waals surface area contributed by atoms with Crippen molar-refractivity contribution >= 4 is 5.97 Å².